The zero-order valence-electron chi connectivity index (χ0n) is 5.54. The predicted molar refractivity (Wildman–Crippen MR) is 33.0 cm³/mol. The highest BCUT2D eigenvalue weighted by molar-refractivity contribution is 4.66. The molecule has 0 aromatic rings. The van der Waals surface area contributed by atoms with Crippen LogP contribution in [-0.4, -0.2) is 27.6 Å². The third-order valence-electron chi connectivity index (χ3n) is 1.19. The maximum atomic E-state index is 10.5. The van der Waals surface area contributed by atoms with Crippen molar-refractivity contribution >= 4 is 0 Å². The molecule has 12 heavy (non-hydrogen) atoms. The minimum atomic E-state index is -1.81. The second-order valence-electron chi connectivity index (χ2n) is 1.97. The van der Waals surface area contributed by atoms with Crippen LogP contribution in [-0.2, 0) is 0 Å². The number of nitrogens with one attached hydrogen (secondary N) is 2. The molecule has 68 valence electrons. The number of nitrogens with zero attached hydrogens (tertiary/aromatic N) is 3. The van der Waals surface area contributed by atoms with Gasteiger partial charge in [-0.25, -0.2) is 5.17 Å². The van der Waals surface area contributed by atoms with Gasteiger partial charge in [0.05, 0.1) is 9.85 Å². The van der Waals surface area contributed by atoms with Crippen LogP contribution in [0.5, 0.6) is 0 Å². The molecule has 0 radical (unpaired) electrons. The normalized spacial score (nSPS) is 30.4. The molecule has 0 amide bonds. The van der Waals surface area contributed by atoms with Gasteiger partial charge < -0.3 is 5.21 Å². The summed E-state index contributed by atoms with van der Waals surface area (Å²) in [6, 6.07) is 0. The van der Waals surface area contributed by atoms with Crippen LogP contribution >= 0.6 is 0 Å². The molecule has 1 aliphatic heterocycles. The minimum absolute atomic E-state index is 0.215. The molecule has 10 heteroatoms. The van der Waals surface area contributed by atoms with E-state index in [9.17, 15) is 25.4 Å². The summed E-state index contributed by atoms with van der Waals surface area (Å²) < 4.78 is 0. The summed E-state index contributed by atoms with van der Waals surface area (Å²) >= 11 is 0. The lowest BCUT2D eigenvalue weighted by Gasteiger charge is -2.19. The van der Waals surface area contributed by atoms with Gasteiger partial charge in [0.2, 0.25) is 0 Å². The average Bonchev–Trinajstić information content (AvgIpc) is 2.30. The second-order valence-corrected chi connectivity index (χ2v) is 1.97. The SMILES string of the molecule is O=[N+]([O-])C1NC([N+](=O)[O-])N([O-])N1. The molecule has 0 aromatic heterocycles. The fourth-order valence-corrected chi connectivity index (χ4v) is 0.692. The summed E-state index contributed by atoms with van der Waals surface area (Å²) in [6.07, 6.45) is -3.40. The van der Waals surface area contributed by atoms with Crippen molar-refractivity contribution in [3.8, 4) is 0 Å². The molecule has 2 atom stereocenters. The lowest BCUT2D eigenvalue weighted by atomic mass is 10.8. The van der Waals surface area contributed by atoms with Crippen molar-refractivity contribution in [2.24, 2.45) is 0 Å². The highest BCUT2D eigenvalue weighted by Gasteiger charge is 2.39. The Labute approximate surface area is 65.0 Å². The Morgan fingerprint density at radius 1 is 1.25 bits per heavy atom. The van der Waals surface area contributed by atoms with Crippen LogP contribution < -0.4 is 10.7 Å². The number of hydrogen-bond donors (Lipinski definition) is 2. The van der Waals surface area contributed by atoms with Crippen LogP contribution in [0, 0.1) is 25.4 Å². The van der Waals surface area contributed by atoms with E-state index in [1.807, 2.05) is 5.32 Å². The molecule has 2 unspecified atom stereocenters. The molecule has 1 aliphatic rings. The third kappa shape index (κ3) is 1.45. The van der Waals surface area contributed by atoms with Crippen molar-refractivity contribution in [1.29, 1.82) is 0 Å². The predicted octanol–water partition coefficient (Wildman–Crippen LogP) is -1.99. The first-order valence-electron chi connectivity index (χ1n) is 2.78. The Morgan fingerprint density at radius 2 is 1.83 bits per heavy atom. The minimum Gasteiger partial charge on any atom is -0.766 e. The fourth-order valence-electron chi connectivity index (χ4n) is 0.692. The summed E-state index contributed by atoms with van der Waals surface area (Å²) in [5.41, 5.74) is 1.71. The van der Waals surface area contributed by atoms with Crippen LogP contribution in [0.3, 0.4) is 0 Å². The number of rotatable bonds is 2. The highest BCUT2D eigenvalue weighted by Crippen LogP contribution is 2.01. The van der Waals surface area contributed by atoms with Crippen LogP contribution in [0.25, 0.3) is 0 Å². The van der Waals surface area contributed by atoms with Crippen molar-refractivity contribution in [3.63, 3.8) is 0 Å². The summed E-state index contributed by atoms with van der Waals surface area (Å²) in [5.74, 6) is 0. The largest absolute Gasteiger partial charge is 0.766 e. The molecule has 10 nitrogen and oxygen atoms in total. The van der Waals surface area contributed by atoms with E-state index in [4.69, 9.17) is 0 Å². The molecule has 1 heterocycles. The molecule has 1 saturated heterocycles. The lowest BCUT2D eigenvalue weighted by Crippen LogP contribution is -2.42. The van der Waals surface area contributed by atoms with Crippen LogP contribution in [0.15, 0.2) is 0 Å². The Hall–Kier alpha value is -1.36. The van der Waals surface area contributed by atoms with Crippen molar-refractivity contribution < 1.29 is 9.85 Å². The molecule has 1 fully saturated rings. The molecule has 1 rings (SSSR count). The maximum Gasteiger partial charge on any atom is 0.341 e. The molecular formula is C2H4N5O5-. The summed E-state index contributed by atoms with van der Waals surface area (Å²) in [5, 5.41) is 32.2. The van der Waals surface area contributed by atoms with Gasteiger partial charge in [-0.3, -0.25) is 20.2 Å². The standard InChI is InChI=1S/C2H4N5O5/c8-5-2(7(11)12)3-1(4-5)6(9)10/h1-4H/q-1. The van der Waals surface area contributed by atoms with Gasteiger partial charge >= 0.3 is 12.6 Å². The van der Waals surface area contributed by atoms with Crippen molar-refractivity contribution in [3.05, 3.63) is 25.4 Å². The van der Waals surface area contributed by atoms with Crippen molar-refractivity contribution in [1.82, 2.24) is 15.9 Å². The maximum absolute atomic E-state index is 10.5. The van der Waals surface area contributed by atoms with Gasteiger partial charge in [0.25, 0.3) is 0 Å². The summed E-state index contributed by atoms with van der Waals surface area (Å²) in [6.45, 7) is 0. The van der Waals surface area contributed by atoms with Crippen molar-refractivity contribution in [2.75, 3.05) is 0 Å². The van der Waals surface area contributed by atoms with Crippen LogP contribution in [0.4, 0.5) is 0 Å². The van der Waals surface area contributed by atoms with E-state index in [2.05, 4.69) is 0 Å². The van der Waals surface area contributed by atoms with Gasteiger partial charge in [-0.05, 0) is 0 Å². The molecule has 2 N–H and O–H groups in total. The highest BCUT2D eigenvalue weighted by atomic mass is 16.7. The Bertz CT molecular complexity index is 218. The smallest absolute Gasteiger partial charge is 0.341 e. The average molecular weight is 178 g/mol. The molecule has 0 aliphatic carbocycles. The van der Waals surface area contributed by atoms with Crippen molar-refractivity contribution in [2.45, 2.75) is 12.6 Å². The number of nitro groups is 2. The first kappa shape index (κ1) is 8.73. The topological polar surface area (TPSA) is 137 Å². The number of hydrogen-bond acceptors (Lipinski definition) is 8. The van der Waals surface area contributed by atoms with E-state index >= 15 is 0 Å². The van der Waals surface area contributed by atoms with E-state index in [1.54, 1.807) is 5.43 Å². The zero-order chi connectivity index (χ0) is 9.30. The summed E-state index contributed by atoms with van der Waals surface area (Å²) in [4.78, 5) is 18.2. The first-order valence-corrected chi connectivity index (χ1v) is 2.78. The van der Waals surface area contributed by atoms with Crippen LogP contribution in [0.2, 0.25) is 0 Å². The van der Waals surface area contributed by atoms with E-state index in [0.717, 1.165) is 0 Å². The summed E-state index contributed by atoms with van der Waals surface area (Å²) in [7, 11) is 0. The number of hydroxylamine groups is 1. The van der Waals surface area contributed by atoms with E-state index in [1.165, 1.54) is 0 Å². The lowest BCUT2D eigenvalue weighted by molar-refractivity contribution is -0.563. The second kappa shape index (κ2) is 2.94. The van der Waals surface area contributed by atoms with Gasteiger partial charge in [-0.2, -0.15) is 10.7 Å². The third-order valence-corrected chi connectivity index (χ3v) is 1.19. The molecule has 0 aromatic carbocycles. The van der Waals surface area contributed by atoms with Gasteiger partial charge in [-0.15, -0.1) is 0 Å². The monoisotopic (exact) mass is 178 g/mol. The van der Waals surface area contributed by atoms with E-state index < -0.39 is 22.4 Å². The zero-order valence-corrected chi connectivity index (χ0v) is 5.54. The Balaban J connectivity index is 2.62. The first-order chi connectivity index (χ1) is 5.52. The van der Waals surface area contributed by atoms with Crippen LogP contribution in [0.1, 0.15) is 0 Å². The van der Waals surface area contributed by atoms with Gasteiger partial charge in [0, 0.05) is 0 Å². The fraction of sp³-hybridized carbons (Fsp3) is 1.00. The number of hydrazine groups is 1. The molecule has 0 bridgehead atoms. The van der Waals surface area contributed by atoms with E-state index in [0.29, 0.717) is 0 Å². The Morgan fingerprint density at radius 3 is 2.08 bits per heavy atom. The molecule has 0 saturated carbocycles. The quantitative estimate of drug-likeness (QED) is 0.366. The Kier molecular flexibility index (Phi) is 2.14. The van der Waals surface area contributed by atoms with Gasteiger partial charge in [0.15, 0.2) is 0 Å². The molecular weight excluding hydrogens is 174 g/mol. The van der Waals surface area contributed by atoms with E-state index in [-0.39, 0.29) is 5.17 Å². The molecule has 0 spiro atoms. The van der Waals surface area contributed by atoms with Gasteiger partial charge in [-0.1, -0.05) is 0 Å². The van der Waals surface area contributed by atoms with Gasteiger partial charge in [0.1, 0.15) is 0 Å².